The fraction of sp³-hybridized carbons (Fsp3) is 0.526. The van der Waals surface area contributed by atoms with Crippen molar-refractivity contribution in [2.45, 2.75) is 58.7 Å². The molecule has 0 fully saturated rings. The van der Waals surface area contributed by atoms with Gasteiger partial charge < -0.3 is 10.5 Å². The Bertz CT molecular complexity index is 589. The van der Waals surface area contributed by atoms with Gasteiger partial charge in [-0.3, -0.25) is 4.84 Å². The fourth-order valence-electron chi connectivity index (χ4n) is 1.97. The van der Waals surface area contributed by atoms with Crippen molar-refractivity contribution in [3.05, 3.63) is 47.5 Å². The van der Waals surface area contributed by atoms with Gasteiger partial charge >= 0.3 is 5.97 Å². The number of hydrogen-bond donors (Lipinski definition) is 2. The van der Waals surface area contributed by atoms with Crippen LogP contribution in [0.2, 0.25) is 0 Å². The van der Waals surface area contributed by atoms with Crippen LogP contribution in [0, 0.1) is 0 Å². The van der Waals surface area contributed by atoms with E-state index < -0.39 is 17.0 Å². The number of benzene rings is 1. The quantitative estimate of drug-likeness (QED) is 0.434. The number of esters is 1. The molecule has 3 N–H and O–H groups in total. The molecule has 0 bridgehead atoms. The summed E-state index contributed by atoms with van der Waals surface area (Å²) in [6.07, 6.45) is -0.290. The third-order valence-electron chi connectivity index (χ3n) is 3.64. The van der Waals surface area contributed by atoms with E-state index in [1.807, 2.05) is 52.8 Å². The predicted octanol–water partition coefficient (Wildman–Crippen LogP) is 3.14. The first-order valence-electron chi connectivity index (χ1n) is 8.09. The third kappa shape index (κ3) is 6.07. The SMILES string of the molecule is C=C(C)C(=O)OCC(C)ONC(C)(C)c1cccc(C(C)(C)N)c1. The highest BCUT2D eigenvalue weighted by atomic mass is 16.7. The molecule has 1 atom stereocenters. The fourth-order valence-corrected chi connectivity index (χ4v) is 1.97. The van der Waals surface area contributed by atoms with Crippen molar-refractivity contribution in [3.63, 3.8) is 0 Å². The zero-order valence-electron chi connectivity index (χ0n) is 15.6. The lowest BCUT2D eigenvalue weighted by atomic mass is 9.88. The largest absolute Gasteiger partial charge is 0.460 e. The average Bonchev–Trinajstić information content (AvgIpc) is 2.49. The molecule has 1 aromatic rings. The summed E-state index contributed by atoms with van der Waals surface area (Å²) in [7, 11) is 0. The molecule has 0 spiro atoms. The number of nitrogens with one attached hydrogen (secondary N) is 1. The Hall–Kier alpha value is -1.69. The summed E-state index contributed by atoms with van der Waals surface area (Å²) in [6, 6.07) is 8.10. The van der Waals surface area contributed by atoms with Crippen LogP contribution in [-0.4, -0.2) is 18.7 Å². The molecule has 1 aromatic carbocycles. The van der Waals surface area contributed by atoms with Crippen molar-refractivity contribution in [1.82, 2.24) is 5.48 Å². The normalized spacial score (nSPS) is 13.5. The van der Waals surface area contributed by atoms with Crippen LogP contribution in [0.4, 0.5) is 0 Å². The second-order valence-corrected chi connectivity index (χ2v) is 7.34. The summed E-state index contributed by atoms with van der Waals surface area (Å²) in [5, 5.41) is 0. The summed E-state index contributed by atoms with van der Waals surface area (Å²) in [5.74, 6) is -0.414. The van der Waals surface area contributed by atoms with E-state index in [1.54, 1.807) is 6.92 Å². The molecular formula is C19H30N2O3. The zero-order valence-corrected chi connectivity index (χ0v) is 15.6. The molecule has 0 heterocycles. The number of ether oxygens (including phenoxy) is 1. The Morgan fingerprint density at radius 2 is 1.88 bits per heavy atom. The Balaban J connectivity index is 2.66. The van der Waals surface area contributed by atoms with Crippen molar-refractivity contribution in [2.75, 3.05) is 6.61 Å². The van der Waals surface area contributed by atoms with Gasteiger partial charge in [0, 0.05) is 11.1 Å². The lowest BCUT2D eigenvalue weighted by Gasteiger charge is -2.30. The molecule has 24 heavy (non-hydrogen) atoms. The standard InChI is InChI=1S/C19H30N2O3/c1-13(2)17(22)23-12-14(3)24-21-19(6,7)16-10-8-9-15(11-16)18(4,5)20/h8-11,14,21H,1,12,20H2,2-7H3. The maximum Gasteiger partial charge on any atom is 0.333 e. The molecular weight excluding hydrogens is 304 g/mol. The van der Waals surface area contributed by atoms with Crippen LogP contribution in [0.3, 0.4) is 0 Å². The molecule has 0 radical (unpaired) electrons. The lowest BCUT2D eigenvalue weighted by molar-refractivity contribution is -0.147. The van der Waals surface area contributed by atoms with Crippen LogP contribution in [0.15, 0.2) is 36.4 Å². The summed E-state index contributed by atoms with van der Waals surface area (Å²) >= 11 is 0. The number of hydrogen-bond acceptors (Lipinski definition) is 5. The second kappa shape index (κ2) is 7.92. The summed E-state index contributed by atoms with van der Waals surface area (Å²) < 4.78 is 5.08. The van der Waals surface area contributed by atoms with Gasteiger partial charge in [0.15, 0.2) is 0 Å². The highest BCUT2D eigenvalue weighted by molar-refractivity contribution is 5.86. The topological polar surface area (TPSA) is 73.6 Å². The molecule has 1 rings (SSSR count). The summed E-state index contributed by atoms with van der Waals surface area (Å²) in [6.45, 7) is 15.1. The highest BCUT2D eigenvalue weighted by Crippen LogP contribution is 2.25. The molecule has 1 unspecified atom stereocenters. The Morgan fingerprint density at radius 1 is 1.29 bits per heavy atom. The molecule has 0 amide bonds. The number of nitrogens with two attached hydrogens (primary N) is 1. The minimum atomic E-state index is -0.423. The van der Waals surface area contributed by atoms with E-state index in [-0.39, 0.29) is 12.7 Å². The molecule has 0 aliphatic heterocycles. The van der Waals surface area contributed by atoms with E-state index in [9.17, 15) is 4.79 Å². The van der Waals surface area contributed by atoms with Crippen LogP contribution in [0.5, 0.6) is 0 Å². The minimum absolute atomic E-state index is 0.157. The van der Waals surface area contributed by atoms with Gasteiger partial charge in [-0.25, -0.2) is 4.79 Å². The summed E-state index contributed by atoms with van der Waals surface area (Å²) in [4.78, 5) is 17.0. The molecule has 0 saturated heterocycles. The highest BCUT2D eigenvalue weighted by Gasteiger charge is 2.24. The maximum atomic E-state index is 11.4. The van der Waals surface area contributed by atoms with Crippen molar-refractivity contribution < 1.29 is 14.4 Å². The maximum absolute atomic E-state index is 11.4. The van der Waals surface area contributed by atoms with E-state index in [0.29, 0.717) is 5.57 Å². The molecule has 5 nitrogen and oxygen atoms in total. The smallest absolute Gasteiger partial charge is 0.333 e. The minimum Gasteiger partial charge on any atom is -0.460 e. The van der Waals surface area contributed by atoms with Crippen LogP contribution in [-0.2, 0) is 25.4 Å². The van der Waals surface area contributed by atoms with E-state index in [1.165, 1.54) is 0 Å². The predicted molar refractivity (Wildman–Crippen MR) is 96.1 cm³/mol. The van der Waals surface area contributed by atoms with Crippen molar-refractivity contribution in [3.8, 4) is 0 Å². The molecule has 0 aliphatic rings. The third-order valence-corrected chi connectivity index (χ3v) is 3.64. The van der Waals surface area contributed by atoms with Crippen molar-refractivity contribution >= 4 is 5.97 Å². The lowest BCUT2D eigenvalue weighted by Crippen LogP contribution is -2.40. The van der Waals surface area contributed by atoms with Crippen LogP contribution in [0.1, 0.15) is 52.7 Å². The number of carbonyl (C=O) groups excluding carboxylic acids is 1. The van der Waals surface area contributed by atoms with Crippen LogP contribution < -0.4 is 11.2 Å². The van der Waals surface area contributed by atoms with Gasteiger partial charge in [0.1, 0.15) is 12.7 Å². The Labute approximate surface area is 145 Å². The van der Waals surface area contributed by atoms with Gasteiger partial charge in [0.25, 0.3) is 0 Å². The van der Waals surface area contributed by atoms with Gasteiger partial charge in [-0.2, -0.15) is 5.48 Å². The average molecular weight is 334 g/mol. The van der Waals surface area contributed by atoms with Crippen LogP contribution >= 0.6 is 0 Å². The van der Waals surface area contributed by atoms with Crippen LogP contribution in [0.25, 0.3) is 0 Å². The van der Waals surface area contributed by atoms with Gasteiger partial charge in [0.05, 0.1) is 5.54 Å². The summed E-state index contributed by atoms with van der Waals surface area (Å²) in [5.41, 5.74) is 10.9. The number of hydroxylamine groups is 1. The molecule has 0 aromatic heterocycles. The monoisotopic (exact) mass is 334 g/mol. The van der Waals surface area contributed by atoms with Gasteiger partial charge in [-0.15, -0.1) is 0 Å². The number of carbonyl (C=O) groups is 1. The van der Waals surface area contributed by atoms with E-state index in [4.69, 9.17) is 15.3 Å². The van der Waals surface area contributed by atoms with Gasteiger partial charge in [0.2, 0.25) is 0 Å². The number of rotatable bonds is 8. The van der Waals surface area contributed by atoms with Crippen molar-refractivity contribution in [1.29, 1.82) is 0 Å². The first kappa shape index (κ1) is 20.4. The molecule has 0 saturated carbocycles. The molecule has 5 heteroatoms. The Kier molecular flexibility index (Phi) is 6.72. The van der Waals surface area contributed by atoms with Gasteiger partial charge in [-0.1, -0.05) is 30.8 Å². The Morgan fingerprint density at radius 3 is 2.42 bits per heavy atom. The first-order valence-corrected chi connectivity index (χ1v) is 8.09. The van der Waals surface area contributed by atoms with Crippen molar-refractivity contribution in [2.24, 2.45) is 5.73 Å². The first-order chi connectivity index (χ1) is 10.9. The van der Waals surface area contributed by atoms with E-state index in [2.05, 4.69) is 18.1 Å². The molecule has 134 valence electrons. The molecule has 0 aliphatic carbocycles. The zero-order chi connectivity index (χ0) is 18.5. The van der Waals surface area contributed by atoms with Gasteiger partial charge in [-0.05, 0) is 52.7 Å². The van der Waals surface area contributed by atoms with E-state index in [0.717, 1.165) is 11.1 Å². The second-order valence-electron chi connectivity index (χ2n) is 7.34. The van der Waals surface area contributed by atoms with E-state index >= 15 is 0 Å².